The van der Waals surface area contributed by atoms with Gasteiger partial charge in [-0.3, -0.25) is 9.59 Å². The van der Waals surface area contributed by atoms with Gasteiger partial charge in [-0.15, -0.1) is 18.0 Å². The van der Waals surface area contributed by atoms with Crippen molar-refractivity contribution in [3.05, 3.63) is 12.2 Å². The van der Waals surface area contributed by atoms with Crippen LogP contribution in [0.3, 0.4) is 0 Å². The van der Waals surface area contributed by atoms with Crippen molar-refractivity contribution in [2.24, 2.45) is 0 Å². The van der Waals surface area contributed by atoms with Crippen molar-refractivity contribution >= 4 is 39.5 Å². The lowest BCUT2D eigenvalue weighted by molar-refractivity contribution is -0.169. The molecule has 0 amide bonds. The highest BCUT2D eigenvalue weighted by atomic mass is 79.9. The Bertz CT molecular complexity index is 545. The number of hydrogen-bond donors (Lipinski definition) is 0. The van der Waals surface area contributed by atoms with Crippen LogP contribution in [0, 0.1) is 12.3 Å². The molecule has 0 aromatic rings. The van der Waals surface area contributed by atoms with Gasteiger partial charge in [-0.2, -0.15) is 0 Å². The maximum atomic E-state index is 11.6. The van der Waals surface area contributed by atoms with Crippen molar-refractivity contribution in [2.75, 3.05) is 0 Å². The summed E-state index contributed by atoms with van der Waals surface area (Å²) < 4.78 is 17.1. The first-order valence-corrected chi connectivity index (χ1v) is 10.0. The van der Waals surface area contributed by atoms with Gasteiger partial charge in [-0.05, 0) is 18.9 Å². The SMILES string of the molecule is C#C/C=C\C[C@@H]1O[C@@H]([C@H](Br)CC)C[C@H](OC(C)=O)[C@@H](Cl)C[C@H]1OC(C)=O. The number of alkyl halides is 2. The molecule has 0 aliphatic carbocycles. The number of terminal acetylenes is 1. The number of halogens is 2. The highest BCUT2D eigenvalue weighted by Crippen LogP contribution is 2.32. The smallest absolute Gasteiger partial charge is 0.302 e. The summed E-state index contributed by atoms with van der Waals surface area (Å²) in [6.07, 6.45) is 9.01. The fourth-order valence-corrected chi connectivity index (χ4v) is 3.59. The molecule has 0 saturated carbocycles. The molecule has 1 fully saturated rings. The summed E-state index contributed by atoms with van der Waals surface area (Å²) in [4.78, 5) is 23.1. The third-order valence-corrected chi connectivity index (χ3v) is 5.80. The Morgan fingerprint density at radius 1 is 1.31 bits per heavy atom. The molecule has 0 bridgehead atoms. The second-order valence-electron chi connectivity index (χ2n) is 6.23. The van der Waals surface area contributed by atoms with Gasteiger partial charge in [0, 0.05) is 31.5 Å². The van der Waals surface area contributed by atoms with E-state index in [1.165, 1.54) is 13.8 Å². The van der Waals surface area contributed by atoms with Crippen molar-refractivity contribution < 1.29 is 23.8 Å². The molecule has 0 aromatic carbocycles. The molecule has 0 unspecified atom stereocenters. The van der Waals surface area contributed by atoms with E-state index in [0.717, 1.165) is 6.42 Å². The van der Waals surface area contributed by atoms with Gasteiger partial charge < -0.3 is 14.2 Å². The van der Waals surface area contributed by atoms with Crippen LogP contribution in [0.2, 0.25) is 0 Å². The van der Waals surface area contributed by atoms with Crippen molar-refractivity contribution in [1.29, 1.82) is 0 Å². The molecule has 1 aliphatic heterocycles. The van der Waals surface area contributed by atoms with Gasteiger partial charge in [0.05, 0.1) is 17.6 Å². The molecule has 5 nitrogen and oxygen atoms in total. The maximum Gasteiger partial charge on any atom is 0.302 e. The molecular weight excluding hydrogens is 424 g/mol. The Balaban J connectivity index is 3.12. The third-order valence-electron chi connectivity index (χ3n) is 4.10. The van der Waals surface area contributed by atoms with E-state index in [1.54, 1.807) is 6.08 Å². The maximum absolute atomic E-state index is 11.6. The predicted molar refractivity (Wildman–Crippen MR) is 104 cm³/mol. The van der Waals surface area contributed by atoms with Crippen LogP contribution >= 0.6 is 27.5 Å². The van der Waals surface area contributed by atoms with Gasteiger partial charge >= 0.3 is 11.9 Å². The summed E-state index contributed by atoms with van der Waals surface area (Å²) in [6, 6.07) is 0. The zero-order valence-corrected chi connectivity index (χ0v) is 17.7. The van der Waals surface area contributed by atoms with Crippen molar-refractivity contribution in [2.45, 2.75) is 81.1 Å². The topological polar surface area (TPSA) is 61.8 Å². The summed E-state index contributed by atoms with van der Waals surface area (Å²) in [5, 5.41) is -0.495. The van der Waals surface area contributed by atoms with E-state index in [1.807, 2.05) is 13.0 Å². The first-order valence-electron chi connectivity index (χ1n) is 8.67. The highest BCUT2D eigenvalue weighted by molar-refractivity contribution is 9.09. The Morgan fingerprint density at radius 2 is 1.92 bits per heavy atom. The lowest BCUT2D eigenvalue weighted by Gasteiger charge is -2.38. The van der Waals surface area contributed by atoms with E-state index in [0.29, 0.717) is 19.3 Å². The zero-order valence-electron chi connectivity index (χ0n) is 15.3. The molecule has 26 heavy (non-hydrogen) atoms. The largest absolute Gasteiger partial charge is 0.461 e. The van der Waals surface area contributed by atoms with Gasteiger partial charge in [0.25, 0.3) is 0 Å². The van der Waals surface area contributed by atoms with Crippen LogP contribution in [0.25, 0.3) is 0 Å². The summed E-state index contributed by atoms with van der Waals surface area (Å²) in [5.74, 6) is 1.62. The molecule has 0 aromatic heterocycles. The van der Waals surface area contributed by atoms with Gasteiger partial charge in [0.2, 0.25) is 0 Å². The van der Waals surface area contributed by atoms with E-state index in [-0.39, 0.29) is 17.0 Å². The van der Waals surface area contributed by atoms with Crippen LogP contribution < -0.4 is 0 Å². The van der Waals surface area contributed by atoms with Crippen molar-refractivity contribution in [3.8, 4) is 12.3 Å². The minimum atomic E-state index is -0.560. The molecule has 146 valence electrons. The number of esters is 2. The summed E-state index contributed by atoms with van der Waals surface area (Å²) in [5.41, 5.74) is 0. The van der Waals surface area contributed by atoms with E-state index in [9.17, 15) is 9.59 Å². The van der Waals surface area contributed by atoms with Gasteiger partial charge in [0.1, 0.15) is 12.2 Å². The number of ether oxygens (including phenoxy) is 3. The molecule has 1 saturated heterocycles. The molecule has 0 N–H and O–H groups in total. The Hall–Kier alpha value is -1.03. The fraction of sp³-hybridized carbons (Fsp3) is 0.684. The predicted octanol–water partition coefficient (Wildman–Crippen LogP) is 3.76. The highest BCUT2D eigenvalue weighted by Gasteiger charge is 2.39. The number of rotatable bonds is 6. The van der Waals surface area contributed by atoms with Crippen LogP contribution in [-0.2, 0) is 23.8 Å². The molecule has 1 rings (SSSR count). The minimum absolute atomic E-state index is 0.0413. The number of hydrogen-bond acceptors (Lipinski definition) is 5. The van der Waals surface area contributed by atoms with Crippen molar-refractivity contribution in [1.82, 2.24) is 0 Å². The zero-order chi connectivity index (χ0) is 19.7. The molecule has 6 atom stereocenters. The lowest BCUT2D eigenvalue weighted by Crippen LogP contribution is -2.47. The fourth-order valence-electron chi connectivity index (χ4n) is 2.92. The average molecular weight is 450 g/mol. The molecule has 7 heteroatoms. The van der Waals surface area contributed by atoms with Crippen molar-refractivity contribution in [3.63, 3.8) is 0 Å². The standard InChI is InChI=1S/C19H26BrClO5/c1-5-7-8-9-16-19(25-13(4)23)10-15(21)18(24-12(3)22)11-17(26-16)14(20)6-2/h1,7-8,14-19H,6,9-11H2,2-4H3/b8-7-/t14-,15+,16+,17-,18+,19-/m1/s1. The summed E-state index contributed by atoms with van der Waals surface area (Å²) in [6.45, 7) is 4.72. The second-order valence-corrected chi connectivity index (χ2v) is 7.96. The normalized spacial score (nSPS) is 30.7. The quantitative estimate of drug-likeness (QED) is 0.351. The van der Waals surface area contributed by atoms with Gasteiger partial charge in [-0.1, -0.05) is 34.9 Å². The van der Waals surface area contributed by atoms with Crippen LogP contribution in [0.5, 0.6) is 0 Å². The Morgan fingerprint density at radius 3 is 2.46 bits per heavy atom. The van der Waals surface area contributed by atoms with Crippen LogP contribution in [0.4, 0.5) is 0 Å². The Kier molecular flexibility index (Phi) is 10.3. The van der Waals surface area contributed by atoms with E-state index < -0.39 is 29.5 Å². The molecule has 0 spiro atoms. The first-order chi connectivity index (χ1) is 12.3. The number of carbonyl (C=O) groups excluding carboxylic acids is 2. The van der Waals surface area contributed by atoms with E-state index in [4.69, 9.17) is 32.2 Å². The number of carbonyl (C=O) groups is 2. The van der Waals surface area contributed by atoms with E-state index >= 15 is 0 Å². The first kappa shape index (κ1) is 23.0. The molecule has 1 heterocycles. The average Bonchev–Trinajstić information content (AvgIpc) is 2.56. The second kappa shape index (κ2) is 11.6. The third kappa shape index (κ3) is 7.69. The molecule has 0 radical (unpaired) electrons. The van der Waals surface area contributed by atoms with Crippen LogP contribution in [-0.4, -0.2) is 46.6 Å². The van der Waals surface area contributed by atoms with Gasteiger partial charge in [-0.25, -0.2) is 0 Å². The lowest BCUT2D eigenvalue weighted by atomic mass is 9.95. The Labute approximate surface area is 168 Å². The molecule has 1 aliphatic rings. The summed E-state index contributed by atoms with van der Waals surface area (Å²) >= 11 is 10.2. The van der Waals surface area contributed by atoms with Crippen LogP contribution in [0.1, 0.15) is 46.5 Å². The van der Waals surface area contributed by atoms with Gasteiger partial charge in [0.15, 0.2) is 0 Å². The molecular formula is C19H26BrClO5. The van der Waals surface area contributed by atoms with E-state index in [2.05, 4.69) is 21.9 Å². The summed E-state index contributed by atoms with van der Waals surface area (Å²) in [7, 11) is 0. The van der Waals surface area contributed by atoms with Crippen LogP contribution in [0.15, 0.2) is 12.2 Å². The minimum Gasteiger partial charge on any atom is -0.461 e. The monoisotopic (exact) mass is 448 g/mol. The number of allylic oxidation sites excluding steroid dienone is 1.